The van der Waals surface area contributed by atoms with E-state index in [0.717, 1.165) is 22.6 Å². The van der Waals surface area contributed by atoms with Crippen LogP contribution in [0.4, 0.5) is 0 Å². The maximum Gasteiger partial charge on any atom is 0.226 e. The lowest BCUT2D eigenvalue weighted by molar-refractivity contribution is -0.121. The molecule has 34 heavy (non-hydrogen) atoms. The highest BCUT2D eigenvalue weighted by atomic mass is 32.1. The molecule has 0 bridgehead atoms. The maximum atomic E-state index is 12.3. The first-order valence-electron chi connectivity index (χ1n) is 11.2. The Balaban J connectivity index is 1.24. The standard InChI is InChI=1S/C25H26N4O4S/c1-2-15-31-19-10-12-20(13-11-19)32-25-18(6-4-14-26-25)17-27-22(30)8-3-9-23-28-24(29-33-23)21-7-5-16-34-21/h4-7,10-14,16H,2-3,8-9,15,17H2,1H3,(H,27,30). The van der Waals surface area contributed by atoms with Gasteiger partial charge in [-0.3, -0.25) is 4.79 Å². The summed E-state index contributed by atoms with van der Waals surface area (Å²) in [7, 11) is 0. The van der Waals surface area contributed by atoms with Gasteiger partial charge in [-0.25, -0.2) is 4.98 Å². The number of nitrogens with zero attached hydrogens (tertiary/aromatic N) is 3. The molecular weight excluding hydrogens is 452 g/mol. The van der Waals surface area contributed by atoms with Gasteiger partial charge in [0.1, 0.15) is 11.5 Å². The van der Waals surface area contributed by atoms with Crippen LogP contribution in [0.1, 0.15) is 37.6 Å². The summed E-state index contributed by atoms with van der Waals surface area (Å²) < 4.78 is 16.8. The molecular formula is C25H26N4O4S. The Morgan fingerprint density at radius 2 is 1.97 bits per heavy atom. The van der Waals surface area contributed by atoms with Crippen molar-refractivity contribution in [2.45, 2.75) is 39.2 Å². The number of thiophene rings is 1. The molecule has 176 valence electrons. The van der Waals surface area contributed by atoms with Crippen molar-refractivity contribution in [2.75, 3.05) is 6.61 Å². The fraction of sp³-hybridized carbons (Fsp3) is 0.280. The molecule has 0 saturated heterocycles. The molecule has 0 aliphatic heterocycles. The Hall–Kier alpha value is -3.72. The molecule has 0 spiro atoms. The van der Waals surface area contributed by atoms with Gasteiger partial charge in [-0.1, -0.05) is 24.2 Å². The van der Waals surface area contributed by atoms with Gasteiger partial charge in [0.05, 0.1) is 11.5 Å². The number of hydrogen-bond donors (Lipinski definition) is 1. The van der Waals surface area contributed by atoms with Gasteiger partial charge in [0.15, 0.2) is 0 Å². The molecule has 4 rings (SSSR count). The highest BCUT2D eigenvalue weighted by Crippen LogP contribution is 2.25. The van der Waals surface area contributed by atoms with E-state index >= 15 is 0 Å². The van der Waals surface area contributed by atoms with E-state index in [2.05, 4.69) is 27.4 Å². The normalized spacial score (nSPS) is 10.7. The van der Waals surface area contributed by atoms with Gasteiger partial charge in [-0.2, -0.15) is 4.98 Å². The first-order chi connectivity index (χ1) is 16.7. The molecule has 8 nitrogen and oxygen atoms in total. The van der Waals surface area contributed by atoms with Crippen molar-refractivity contribution < 1.29 is 18.8 Å². The maximum absolute atomic E-state index is 12.3. The second-order valence-electron chi connectivity index (χ2n) is 7.51. The van der Waals surface area contributed by atoms with Crippen LogP contribution >= 0.6 is 11.3 Å². The largest absolute Gasteiger partial charge is 0.494 e. The minimum Gasteiger partial charge on any atom is -0.494 e. The third-order valence-electron chi connectivity index (χ3n) is 4.84. The fourth-order valence-electron chi connectivity index (χ4n) is 3.13. The second-order valence-corrected chi connectivity index (χ2v) is 8.46. The predicted molar refractivity (Wildman–Crippen MR) is 129 cm³/mol. The van der Waals surface area contributed by atoms with Crippen LogP contribution in [0.2, 0.25) is 0 Å². The number of hydrogen-bond acceptors (Lipinski definition) is 8. The Labute approximate surface area is 202 Å². The van der Waals surface area contributed by atoms with Crippen molar-refractivity contribution >= 4 is 17.2 Å². The van der Waals surface area contributed by atoms with Gasteiger partial charge in [0.2, 0.25) is 23.5 Å². The molecule has 1 N–H and O–H groups in total. The zero-order valence-electron chi connectivity index (χ0n) is 18.9. The Morgan fingerprint density at radius 1 is 1.12 bits per heavy atom. The number of carbonyl (C=O) groups is 1. The summed E-state index contributed by atoms with van der Waals surface area (Å²) in [5, 5.41) is 8.88. The first-order valence-corrected chi connectivity index (χ1v) is 12.1. The molecule has 0 atom stereocenters. The second kappa shape index (κ2) is 11.9. The molecule has 3 heterocycles. The first kappa shape index (κ1) is 23.4. The van der Waals surface area contributed by atoms with E-state index in [-0.39, 0.29) is 5.91 Å². The van der Waals surface area contributed by atoms with Crippen LogP contribution < -0.4 is 14.8 Å². The molecule has 4 aromatic rings. The molecule has 1 aromatic carbocycles. The van der Waals surface area contributed by atoms with E-state index in [0.29, 0.717) is 55.8 Å². The van der Waals surface area contributed by atoms with Crippen molar-refractivity contribution in [1.29, 1.82) is 0 Å². The molecule has 0 aliphatic carbocycles. The lowest BCUT2D eigenvalue weighted by atomic mass is 10.2. The number of pyridine rings is 1. The average Bonchev–Trinajstić information content (AvgIpc) is 3.55. The van der Waals surface area contributed by atoms with E-state index in [1.54, 1.807) is 17.5 Å². The number of rotatable bonds is 12. The monoisotopic (exact) mass is 478 g/mol. The van der Waals surface area contributed by atoms with Gasteiger partial charge in [0.25, 0.3) is 0 Å². The minimum absolute atomic E-state index is 0.0646. The lowest BCUT2D eigenvalue weighted by Crippen LogP contribution is -2.22. The minimum atomic E-state index is -0.0646. The third-order valence-corrected chi connectivity index (χ3v) is 5.71. The van der Waals surface area contributed by atoms with Crippen molar-refractivity contribution in [3.05, 3.63) is 71.6 Å². The zero-order chi connectivity index (χ0) is 23.6. The summed E-state index contributed by atoms with van der Waals surface area (Å²) in [6, 6.07) is 15.0. The van der Waals surface area contributed by atoms with Gasteiger partial charge in [0, 0.05) is 31.1 Å². The molecule has 0 aliphatic rings. The van der Waals surface area contributed by atoms with Gasteiger partial charge >= 0.3 is 0 Å². The van der Waals surface area contributed by atoms with Gasteiger partial charge in [-0.05, 0) is 54.6 Å². The lowest BCUT2D eigenvalue weighted by Gasteiger charge is -2.11. The zero-order valence-corrected chi connectivity index (χ0v) is 19.7. The number of benzene rings is 1. The average molecular weight is 479 g/mol. The number of carbonyl (C=O) groups excluding carboxylic acids is 1. The van der Waals surface area contributed by atoms with Crippen LogP contribution in [0, 0.1) is 0 Å². The molecule has 3 aromatic heterocycles. The van der Waals surface area contributed by atoms with Crippen molar-refractivity contribution in [3.63, 3.8) is 0 Å². The van der Waals surface area contributed by atoms with E-state index in [1.165, 1.54) is 0 Å². The summed E-state index contributed by atoms with van der Waals surface area (Å²) in [5.41, 5.74) is 0.791. The van der Waals surface area contributed by atoms with Gasteiger partial charge < -0.3 is 19.3 Å². The summed E-state index contributed by atoms with van der Waals surface area (Å²) >= 11 is 1.56. The highest BCUT2D eigenvalue weighted by molar-refractivity contribution is 7.13. The quantitative estimate of drug-likeness (QED) is 0.290. The molecule has 1 amide bonds. The van der Waals surface area contributed by atoms with Crippen LogP contribution in [-0.4, -0.2) is 27.6 Å². The van der Waals surface area contributed by atoms with E-state index < -0.39 is 0 Å². The molecule has 0 saturated carbocycles. The summed E-state index contributed by atoms with van der Waals surface area (Å²) in [4.78, 5) is 22.0. The molecule has 9 heteroatoms. The number of aryl methyl sites for hydroxylation is 1. The van der Waals surface area contributed by atoms with Gasteiger partial charge in [-0.15, -0.1) is 11.3 Å². The predicted octanol–water partition coefficient (Wildman–Crippen LogP) is 5.41. The Morgan fingerprint density at radius 3 is 2.76 bits per heavy atom. The molecule has 0 unspecified atom stereocenters. The Bertz CT molecular complexity index is 1180. The molecule has 0 fully saturated rings. The number of aromatic nitrogens is 3. The number of ether oxygens (including phenoxy) is 2. The van der Waals surface area contributed by atoms with E-state index in [9.17, 15) is 4.79 Å². The van der Waals surface area contributed by atoms with Crippen LogP contribution in [0.25, 0.3) is 10.7 Å². The fourth-order valence-corrected chi connectivity index (χ4v) is 3.78. The van der Waals surface area contributed by atoms with Crippen LogP contribution in [-0.2, 0) is 17.8 Å². The smallest absolute Gasteiger partial charge is 0.226 e. The summed E-state index contributed by atoms with van der Waals surface area (Å²) in [5.74, 6) is 2.96. The van der Waals surface area contributed by atoms with Crippen LogP contribution in [0.3, 0.4) is 0 Å². The summed E-state index contributed by atoms with van der Waals surface area (Å²) in [6.45, 7) is 3.06. The van der Waals surface area contributed by atoms with Crippen molar-refractivity contribution in [2.24, 2.45) is 0 Å². The van der Waals surface area contributed by atoms with E-state index in [4.69, 9.17) is 14.0 Å². The SMILES string of the molecule is CCCOc1ccc(Oc2ncccc2CNC(=O)CCCc2nc(-c3cccs3)no2)cc1. The summed E-state index contributed by atoms with van der Waals surface area (Å²) in [6.07, 6.45) is 4.13. The van der Waals surface area contributed by atoms with E-state index in [1.807, 2.05) is 53.9 Å². The Kier molecular flexibility index (Phi) is 8.23. The van der Waals surface area contributed by atoms with Crippen LogP contribution in [0.15, 0.2) is 64.6 Å². The highest BCUT2D eigenvalue weighted by Gasteiger charge is 2.11. The van der Waals surface area contributed by atoms with Crippen molar-refractivity contribution in [1.82, 2.24) is 20.4 Å². The van der Waals surface area contributed by atoms with Crippen LogP contribution in [0.5, 0.6) is 17.4 Å². The van der Waals surface area contributed by atoms with Crippen molar-refractivity contribution in [3.8, 4) is 28.1 Å². The third kappa shape index (κ3) is 6.64. The topological polar surface area (TPSA) is 99.4 Å². The number of nitrogens with one attached hydrogen (secondary N) is 1. The number of amides is 1. The molecule has 0 radical (unpaired) electrons.